The predicted molar refractivity (Wildman–Crippen MR) is 144 cm³/mol. The molecule has 5 aromatic rings. The van der Waals surface area contributed by atoms with Crippen molar-refractivity contribution in [2.24, 2.45) is 0 Å². The number of nitrogens with zero attached hydrogens (tertiary/aromatic N) is 6. The number of pyridine rings is 1. The zero-order valence-corrected chi connectivity index (χ0v) is 21.0. The zero-order chi connectivity index (χ0) is 25.1. The molecule has 1 N–H and O–H groups in total. The summed E-state index contributed by atoms with van der Waals surface area (Å²) in [4.78, 5) is 25.7. The molecule has 0 aliphatic rings. The molecule has 0 bridgehead atoms. The van der Waals surface area contributed by atoms with Gasteiger partial charge in [0.05, 0.1) is 34.0 Å². The Morgan fingerprint density at radius 2 is 1.72 bits per heavy atom. The van der Waals surface area contributed by atoms with E-state index in [1.807, 2.05) is 72.4 Å². The number of rotatable bonds is 9. The third-order valence-corrected chi connectivity index (χ3v) is 6.63. The molecule has 3 aromatic heterocycles. The van der Waals surface area contributed by atoms with Gasteiger partial charge in [0, 0.05) is 36.8 Å². The molecular formula is C28H31N7O. The van der Waals surface area contributed by atoms with Crippen LogP contribution in [-0.2, 0) is 13.1 Å². The minimum atomic E-state index is -0.211. The van der Waals surface area contributed by atoms with Crippen LogP contribution in [0, 0.1) is 0 Å². The standard InChI is InChI=1S/C28H31N7O/c1-4-33(5-2)15-16-35-26-14-10-9-13-24(26)31-28(35)32-27(36)22-17-25(20-18-29-34(6-3)19-20)30-23-12-8-7-11-21(22)23/h7-14,17-19H,4-6,15-16H2,1-3H3,(H,31,32,36). The number of carbonyl (C=O) groups excluding carboxylic acids is 1. The largest absolute Gasteiger partial charge is 0.309 e. The van der Waals surface area contributed by atoms with E-state index in [0.717, 1.165) is 60.2 Å². The lowest BCUT2D eigenvalue weighted by Crippen LogP contribution is -2.27. The Hall–Kier alpha value is -4.04. The van der Waals surface area contributed by atoms with Crippen molar-refractivity contribution in [1.82, 2.24) is 29.2 Å². The van der Waals surface area contributed by atoms with Crippen LogP contribution < -0.4 is 5.32 Å². The van der Waals surface area contributed by atoms with E-state index in [1.54, 1.807) is 6.20 Å². The summed E-state index contributed by atoms with van der Waals surface area (Å²) in [7, 11) is 0. The van der Waals surface area contributed by atoms with Crippen molar-refractivity contribution in [3.63, 3.8) is 0 Å². The molecule has 8 nitrogen and oxygen atoms in total. The molecule has 0 unspecified atom stereocenters. The molecule has 0 aliphatic carbocycles. The van der Waals surface area contributed by atoms with Crippen LogP contribution >= 0.6 is 0 Å². The van der Waals surface area contributed by atoms with Crippen LogP contribution in [0.5, 0.6) is 0 Å². The fourth-order valence-corrected chi connectivity index (χ4v) is 4.53. The number of aromatic nitrogens is 5. The SMILES string of the molecule is CCN(CC)CCn1c(NC(=O)c2cc(-c3cnn(CC)c3)nc3ccccc23)nc2ccccc21. The highest BCUT2D eigenvalue weighted by atomic mass is 16.1. The van der Waals surface area contributed by atoms with Crippen LogP contribution in [0.1, 0.15) is 31.1 Å². The minimum absolute atomic E-state index is 0.211. The number of likely N-dealkylation sites (N-methyl/N-ethyl adjacent to an activating group) is 1. The average molecular weight is 482 g/mol. The number of para-hydroxylation sites is 3. The number of amides is 1. The van der Waals surface area contributed by atoms with Gasteiger partial charge in [0.25, 0.3) is 5.91 Å². The summed E-state index contributed by atoms with van der Waals surface area (Å²) in [5.74, 6) is 0.340. The smallest absolute Gasteiger partial charge is 0.258 e. The van der Waals surface area contributed by atoms with Gasteiger partial charge in [0.15, 0.2) is 0 Å². The second-order valence-electron chi connectivity index (χ2n) is 8.71. The van der Waals surface area contributed by atoms with Gasteiger partial charge in [-0.05, 0) is 44.3 Å². The molecule has 0 atom stereocenters. The lowest BCUT2D eigenvalue weighted by Gasteiger charge is -2.19. The Kier molecular flexibility index (Phi) is 6.77. The molecule has 184 valence electrons. The van der Waals surface area contributed by atoms with Crippen LogP contribution in [0.3, 0.4) is 0 Å². The van der Waals surface area contributed by atoms with Gasteiger partial charge in [0.1, 0.15) is 0 Å². The summed E-state index contributed by atoms with van der Waals surface area (Å²) in [6.45, 7) is 10.7. The summed E-state index contributed by atoms with van der Waals surface area (Å²) < 4.78 is 3.95. The van der Waals surface area contributed by atoms with E-state index in [2.05, 4.69) is 33.7 Å². The molecular weight excluding hydrogens is 450 g/mol. The average Bonchev–Trinajstić information content (AvgIpc) is 3.53. The van der Waals surface area contributed by atoms with Crippen molar-refractivity contribution >= 4 is 33.8 Å². The van der Waals surface area contributed by atoms with Crippen molar-refractivity contribution < 1.29 is 4.79 Å². The van der Waals surface area contributed by atoms with Crippen molar-refractivity contribution in [3.05, 3.63) is 72.6 Å². The molecule has 1 amide bonds. The van der Waals surface area contributed by atoms with E-state index in [9.17, 15) is 4.79 Å². The van der Waals surface area contributed by atoms with Crippen LogP contribution in [0.2, 0.25) is 0 Å². The first kappa shape index (κ1) is 23.7. The fraction of sp³-hybridized carbons (Fsp3) is 0.286. The van der Waals surface area contributed by atoms with E-state index < -0.39 is 0 Å². The molecule has 36 heavy (non-hydrogen) atoms. The van der Waals surface area contributed by atoms with E-state index >= 15 is 0 Å². The first-order valence-electron chi connectivity index (χ1n) is 12.5. The van der Waals surface area contributed by atoms with Gasteiger partial charge >= 0.3 is 0 Å². The Bertz CT molecular complexity index is 1510. The highest BCUT2D eigenvalue weighted by molar-refractivity contribution is 6.13. The van der Waals surface area contributed by atoms with Gasteiger partial charge in [0.2, 0.25) is 5.95 Å². The molecule has 3 heterocycles. The highest BCUT2D eigenvalue weighted by Gasteiger charge is 2.19. The fourth-order valence-electron chi connectivity index (χ4n) is 4.53. The molecule has 0 saturated carbocycles. The summed E-state index contributed by atoms with van der Waals surface area (Å²) in [6.07, 6.45) is 3.74. The number of fused-ring (bicyclic) bond motifs is 2. The molecule has 0 aliphatic heterocycles. The normalized spacial score (nSPS) is 11.6. The van der Waals surface area contributed by atoms with Gasteiger partial charge in [-0.1, -0.05) is 44.2 Å². The van der Waals surface area contributed by atoms with E-state index in [-0.39, 0.29) is 5.91 Å². The Balaban J connectivity index is 1.53. The first-order chi connectivity index (χ1) is 17.6. The van der Waals surface area contributed by atoms with Crippen molar-refractivity contribution in [1.29, 1.82) is 0 Å². The molecule has 2 aromatic carbocycles. The predicted octanol–water partition coefficient (Wildman–Crippen LogP) is 5.06. The maximum Gasteiger partial charge on any atom is 0.258 e. The van der Waals surface area contributed by atoms with Crippen LogP contribution in [0.4, 0.5) is 5.95 Å². The lowest BCUT2D eigenvalue weighted by molar-refractivity contribution is 0.102. The third-order valence-electron chi connectivity index (χ3n) is 6.63. The maximum absolute atomic E-state index is 13.7. The number of benzene rings is 2. The van der Waals surface area contributed by atoms with Crippen molar-refractivity contribution in [2.45, 2.75) is 33.9 Å². The Morgan fingerprint density at radius 1 is 0.972 bits per heavy atom. The topological polar surface area (TPSA) is 80.9 Å². The molecule has 0 spiro atoms. The van der Waals surface area contributed by atoms with Crippen LogP contribution in [0.15, 0.2) is 67.0 Å². The summed E-state index contributed by atoms with van der Waals surface area (Å²) in [5.41, 5.74) is 4.78. The van der Waals surface area contributed by atoms with Gasteiger partial charge in [-0.25, -0.2) is 9.97 Å². The summed E-state index contributed by atoms with van der Waals surface area (Å²) in [6, 6.07) is 17.6. The molecule has 0 radical (unpaired) electrons. The van der Waals surface area contributed by atoms with Gasteiger partial charge in [-0.3, -0.25) is 14.8 Å². The van der Waals surface area contributed by atoms with Gasteiger partial charge in [-0.2, -0.15) is 5.10 Å². The Labute approximate surface area is 210 Å². The lowest BCUT2D eigenvalue weighted by atomic mass is 10.1. The minimum Gasteiger partial charge on any atom is -0.309 e. The zero-order valence-electron chi connectivity index (χ0n) is 21.0. The van der Waals surface area contributed by atoms with E-state index in [0.29, 0.717) is 17.2 Å². The molecule has 0 saturated heterocycles. The number of hydrogen-bond acceptors (Lipinski definition) is 5. The second-order valence-corrected chi connectivity index (χ2v) is 8.71. The molecule has 5 rings (SSSR count). The maximum atomic E-state index is 13.7. The number of carbonyl (C=O) groups is 1. The van der Waals surface area contributed by atoms with Gasteiger partial charge in [-0.15, -0.1) is 0 Å². The molecule has 8 heteroatoms. The van der Waals surface area contributed by atoms with E-state index in [1.165, 1.54) is 0 Å². The monoisotopic (exact) mass is 481 g/mol. The van der Waals surface area contributed by atoms with Crippen LogP contribution in [-0.4, -0.2) is 54.8 Å². The number of nitrogens with one attached hydrogen (secondary N) is 1. The quantitative estimate of drug-likeness (QED) is 0.318. The summed E-state index contributed by atoms with van der Waals surface area (Å²) in [5, 5.41) is 8.28. The van der Waals surface area contributed by atoms with E-state index in [4.69, 9.17) is 9.97 Å². The van der Waals surface area contributed by atoms with Crippen molar-refractivity contribution in [3.8, 4) is 11.3 Å². The van der Waals surface area contributed by atoms with Crippen LogP contribution in [0.25, 0.3) is 33.2 Å². The number of imidazole rings is 1. The molecule has 0 fully saturated rings. The third kappa shape index (κ3) is 4.59. The first-order valence-corrected chi connectivity index (χ1v) is 12.5. The number of aryl methyl sites for hydroxylation is 1. The number of hydrogen-bond donors (Lipinski definition) is 1. The summed E-state index contributed by atoms with van der Waals surface area (Å²) >= 11 is 0. The Morgan fingerprint density at radius 3 is 2.47 bits per heavy atom. The van der Waals surface area contributed by atoms with Crippen molar-refractivity contribution in [2.75, 3.05) is 25.0 Å². The number of anilines is 1. The second kappa shape index (κ2) is 10.3. The van der Waals surface area contributed by atoms with Gasteiger partial charge < -0.3 is 9.47 Å². The highest BCUT2D eigenvalue weighted by Crippen LogP contribution is 2.26.